The lowest BCUT2D eigenvalue weighted by Gasteiger charge is -1.99. The van der Waals surface area contributed by atoms with Crippen LogP contribution in [0.1, 0.15) is 12.5 Å². The van der Waals surface area contributed by atoms with E-state index in [1.165, 1.54) is 5.56 Å². The Balaban J connectivity index is 2.87. The first-order chi connectivity index (χ1) is 4.86. The summed E-state index contributed by atoms with van der Waals surface area (Å²) in [6.45, 7) is 2.09. The summed E-state index contributed by atoms with van der Waals surface area (Å²) in [5.74, 6) is 0.833. The van der Waals surface area contributed by atoms with Crippen molar-refractivity contribution in [2.24, 2.45) is 0 Å². The molecule has 0 aliphatic rings. The van der Waals surface area contributed by atoms with E-state index in [9.17, 15) is 0 Å². The summed E-state index contributed by atoms with van der Waals surface area (Å²) in [7, 11) is 1.65. The molecule has 10 heavy (non-hydrogen) atoms. The number of ether oxygens (including phenoxy) is 1. The molecule has 0 N–H and O–H groups in total. The third kappa shape index (κ3) is 1.47. The Labute approximate surface area is 60.9 Å². The molecule has 1 aromatic heterocycles. The number of hydrogen-bond donors (Lipinski definition) is 0. The largest absolute Gasteiger partial charge is 0.495 e. The predicted octanol–water partition coefficient (Wildman–Crippen LogP) is 1.65. The van der Waals surface area contributed by atoms with Crippen molar-refractivity contribution in [1.82, 2.24) is 4.98 Å². The average molecular weight is 137 g/mol. The lowest BCUT2D eigenvalue weighted by molar-refractivity contribution is 0.412. The second-order valence-electron chi connectivity index (χ2n) is 2.09. The average Bonchev–Trinajstić information content (AvgIpc) is 2.05. The van der Waals surface area contributed by atoms with Crippen LogP contribution in [0.4, 0.5) is 0 Å². The zero-order valence-corrected chi connectivity index (χ0v) is 6.29. The highest BCUT2D eigenvalue weighted by Gasteiger charge is 1.91. The number of aryl methyl sites for hydroxylation is 1. The molecule has 0 saturated heterocycles. The zero-order valence-electron chi connectivity index (χ0n) is 6.29. The SMILES string of the molecule is CCc1cncc(OC)c1. The van der Waals surface area contributed by atoms with Crippen molar-refractivity contribution < 1.29 is 4.74 Å². The second kappa shape index (κ2) is 3.20. The Hall–Kier alpha value is -1.05. The fourth-order valence-electron chi connectivity index (χ4n) is 0.769. The van der Waals surface area contributed by atoms with Crippen molar-refractivity contribution in [2.45, 2.75) is 13.3 Å². The van der Waals surface area contributed by atoms with Crippen LogP contribution >= 0.6 is 0 Å². The van der Waals surface area contributed by atoms with Crippen LogP contribution in [-0.2, 0) is 6.42 Å². The Morgan fingerprint density at radius 3 is 2.90 bits per heavy atom. The van der Waals surface area contributed by atoms with Crippen LogP contribution in [-0.4, -0.2) is 12.1 Å². The second-order valence-corrected chi connectivity index (χ2v) is 2.09. The highest BCUT2D eigenvalue weighted by molar-refractivity contribution is 5.22. The molecule has 1 rings (SSSR count). The minimum atomic E-state index is 0.833. The smallest absolute Gasteiger partial charge is 0.137 e. The van der Waals surface area contributed by atoms with Crippen molar-refractivity contribution in [1.29, 1.82) is 0 Å². The number of pyridine rings is 1. The van der Waals surface area contributed by atoms with Gasteiger partial charge < -0.3 is 4.74 Å². The molecule has 0 fully saturated rings. The summed E-state index contributed by atoms with van der Waals surface area (Å²) >= 11 is 0. The first kappa shape index (κ1) is 7.06. The van der Waals surface area contributed by atoms with E-state index in [2.05, 4.69) is 11.9 Å². The molecular formula is C8H11NO. The van der Waals surface area contributed by atoms with Crippen molar-refractivity contribution in [3.05, 3.63) is 24.0 Å². The summed E-state index contributed by atoms with van der Waals surface area (Å²) in [5.41, 5.74) is 1.21. The molecule has 0 aliphatic carbocycles. The lowest BCUT2D eigenvalue weighted by Crippen LogP contribution is -1.86. The van der Waals surface area contributed by atoms with Gasteiger partial charge in [-0.3, -0.25) is 4.98 Å². The maximum Gasteiger partial charge on any atom is 0.137 e. The van der Waals surface area contributed by atoms with Gasteiger partial charge in [0, 0.05) is 6.20 Å². The van der Waals surface area contributed by atoms with Crippen molar-refractivity contribution in [3.63, 3.8) is 0 Å². The first-order valence-corrected chi connectivity index (χ1v) is 3.34. The molecule has 0 amide bonds. The van der Waals surface area contributed by atoms with Crippen molar-refractivity contribution in [3.8, 4) is 5.75 Å². The Kier molecular flexibility index (Phi) is 2.26. The van der Waals surface area contributed by atoms with Crippen molar-refractivity contribution in [2.75, 3.05) is 7.11 Å². The highest BCUT2D eigenvalue weighted by atomic mass is 16.5. The fraction of sp³-hybridized carbons (Fsp3) is 0.375. The van der Waals surface area contributed by atoms with E-state index in [-0.39, 0.29) is 0 Å². The van der Waals surface area contributed by atoms with E-state index in [0.717, 1.165) is 12.2 Å². The van der Waals surface area contributed by atoms with E-state index < -0.39 is 0 Å². The van der Waals surface area contributed by atoms with Crippen LogP contribution < -0.4 is 4.74 Å². The van der Waals surface area contributed by atoms with Gasteiger partial charge in [-0.05, 0) is 18.1 Å². The van der Waals surface area contributed by atoms with Crippen LogP contribution in [0, 0.1) is 0 Å². The Bertz CT molecular complexity index is 191. The lowest BCUT2D eigenvalue weighted by atomic mass is 10.2. The molecule has 0 saturated carbocycles. The number of rotatable bonds is 2. The maximum absolute atomic E-state index is 4.99. The quantitative estimate of drug-likeness (QED) is 0.618. The maximum atomic E-state index is 4.99. The summed E-state index contributed by atoms with van der Waals surface area (Å²) in [6, 6.07) is 1.99. The zero-order chi connectivity index (χ0) is 7.40. The molecule has 0 bridgehead atoms. The summed E-state index contributed by atoms with van der Waals surface area (Å²) in [4.78, 5) is 4.00. The summed E-state index contributed by atoms with van der Waals surface area (Å²) < 4.78 is 4.99. The van der Waals surface area contributed by atoms with E-state index in [4.69, 9.17) is 4.74 Å². The van der Waals surface area contributed by atoms with Gasteiger partial charge in [-0.25, -0.2) is 0 Å². The van der Waals surface area contributed by atoms with E-state index >= 15 is 0 Å². The monoisotopic (exact) mass is 137 g/mol. The van der Waals surface area contributed by atoms with Crippen LogP contribution in [0.2, 0.25) is 0 Å². The molecule has 0 radical (unpaired) electrons. The molecule has 2 heteroatoms. The van der Waals surface area contributed by atoms with Gasteiger partial charge in [0.25, 0.3) is 0 Å². The van der Waals surface area contributed by atoms with Gasteiger partial charge in [0.2, 0.25) is 0 Å². The van der Waals surface area contributed by atoms with E-state index in [1.54, 1.807) is 13.3 Å². The third-order valence-electron chi connectivity index (χ3n) is 1.41. The summed E-state index contributed by atoms with van der Waals surface area (Å²) in [6.07, 6.45) is 4.56. The fourth-order valence-corrected chi connectivity index (χ4v) is 0.769. The van der Waals surface area contributed by atoms with Gasteiger partial charge in [-0.1, -0.05) is 6.92 Å². The van der Waals surface area contributed by atoms with E-state index in [0.29, 0.717) is 0 Å². The summed E-state index contributed by atoms with van der Waals surface area (Å²) in [5, 5.41) is 0. The number of methoxy groups -OCH3 is 1. The Morgan fingerprint density at radius 2 is 2.30 bits per heavy atom. The van der Waals surface area contributed by atoms with Crippen LogP contribution in [0.15, 0.2) is 18.5 Å². The van der Waals surface area contributed by atoms with E-state index in [1.807, 2.05) is 12.3 Å². The predicted molar refractivity (Wildman–Crippen MR) is 40.2 cm³/mol. The topological polar surface area (TPSA) is 22.1 Å². The normalized spacial score (nSPS) is 9.40. The van der Waals surface area contributed by atoms with Gasteiger partial charge in [0.15, 0.2) is 0 Å². The highest BCUT2D eigenvalue weighted by Crippen LogP contribution is 2.09. The molecule has 0 spiro atoms. The molecule has 2 nitrogen and oxygen atoms in total. The first-order valence-electron chi connectivity index (χ1n) is 3.34. The molecule has 1 aromatic rings. The molecule has 0 atom stereocenters. The van der Waals surface area contributed by atoms with Crippen LogP contribution in [0.5, 0.6) is 5.75 Å². The number of aromatic nitrogens is 1. The minimum Gasteiger partial charge on any atom is -0.495 e. The van der Waals surface area contributed by atoms with Gasteiger partial charge in [-0.15, -0.1) is 0 Å². The molecule has 0 unspecified atom stereocenters. The number of hydrogen-bond acceptors (Lipinski definition) is 2. The van der Waals surface area contributed by atoms with Crippen LogP contribution in [0.3, 0.4) is 0 Å². The Morgan fingerprint density at radius 1 is 1.50 bits per heavy atom. The molecule has 0 aromatic carbocycles. The van der Waals surface area contributed by atoms with Gasteiger partial charge in [0.1, 0.15) is 5.75 Å². The molecule has 54 valence electrons. The van der Waals surface area contributed by atoms with Gasteiger partial charge in [-0.2, -0.15) is 0 Å². The number of nitrogens with zero attached hydrogens (tertiary/aromatic N) is 1. The van der Waals surface area contributed by atoms with Gasteiger partial charge >= 0.3 is 0 Å². The molecule has 1 heterocycles. The molecule has 0 aliphatic heterocycles. The van der Waals surface area contributed by atoms with Crippen LogP contribution in [0.25, 0.3) is 0 Å². The molecular weight excluding hydrogens is 126 g/mol. The standard InChI is InChI=1S/C8H11NO/c1-3-7-4-8(10-2)6-9-5-7/h4-6H,3H2,1-2H3. The van der Waals surface area contributed by atoms with Gasteiger partial charge in [0.05, 0.1) is 13.3 Å². The van der Waals surface area contributed by atoms with Crippen molar-refractivity contribution >= 4 is 0 Å². The minimum absolute atomic E-state index is 0.833. The third-order valence-corrected chi connectivity index (χ3v) is 1.41.